The molecule has 0 fully saturated rings. The molecule has 0 radical (unpaired) electrons. The predicted octanol–water partition coefficient (Wildman–Crippen LogP) is 4.66. The molecule has 1 unspecified atom stereocenters. The molecule has 0 aliphatic carbocycles. The SMILES string of the molecule is CC(=O)Nc1ccc(NC(=O)C(Cc2cccnc2)c2ccc(Cl)cc2)cc1. The summed E-state index contributed by atoms with van der Waals surface area (Å²) in [4.78, 5) is 28.3. The lowest BCUT2D eigenvalue weighted by Gasteiger charge is -2.18. The van der Waals surface area contributed by atoms with Gasteiger partial charge < -0.3 is 10.6 Å². The quantitative estimate of drug-likeness (QED) is 0.639. The first kappa shape index (κ1) is 19.6. The topological polar surface area (TPSA) is 71.1 Å². The second-order valence-electron chi connectivity index (χ2n) is 6.42. The van der Waals surface area contributed by atoms with Crippen LogP contribution in [0, 0.1) is 0 Å². The van der Waals surface area contributed by atoms with Gasteiger partial charge in [-0.3, -0.25) is 14.6 Å². The summed E-state index contributed by atoms with van der Waals surface area (Å²) in [5.74, 6) is -0.661. The largest absolute Gasteiger partial charge is 0.326 e. The first-order valence-electron chi connectivity index (χ1n) is 8.84. The number of nitrogens with one attached hydrogen (secondary N) is 2. The van der Waals surface area contributed by atoms with Crippen LogP contribution in [0.4, 0.5) is 11.4 Å². The zero-order chi connectivity index (χ0) is 19.9. The summed E-state index contributed by atoms with van der Waals surface area (Å²) in [5.41, 5.74) is 3.18. The van der Waals surface area contributed by atoms with Gasteiger partial charge >= 0.3 is 0 Å². The van der Waals surface area contributed by atoms with E-state index in [1.807, 2.05) is 24.3 Å². The van der Waals surface area contributed by atoms with E-state index >= 15 is 0 Å². The van der Waals surface area contributed by atoms with E-state index in [2.05, 4.69) is 15.6 Å². The summed E-state index contributed by atoms with van der Waals surface area (Å²) < 4.78 is 0. The van der Waals surface area contributed by atoms with Crippen molar-refractivity contribution < 1.29 is 9.59 Å². The first-order chi connectivity index (χ1) is 13.5. The maximum absolute atomic E-state index is 13.0. The Morgan fingerprint density at radius 1 is 0.964 bits per heavy atom. The van der Waals surface area contributed by atoms with Gasteiger partial charge in [0, 0.05) is 35.7 Å². The van der Waals surface area contributed by atoms with Crippen LogP contribution in [-0.2, 0) is 16.0 Å². The van der Waals surface area contributed by atoms with Crippen molar-refractivity contribution in [2.75, 3.05) is 10.6 Å². The Kier molecular flexibility index (Phi) is 6.40. The number of amides is 2. The van der Waals surface area contributed by atoms with Crippen LogP contribution in [0.15, 0.2) is 73.1 Å². The minimum Gasteiger partial charge on any atom is -0.326 e. The standard InChI is InChI=1S/C22H20ClN3O2/c1-15(27)25-19-8-10-20(11-9-19)26-22(28)21(13-16-3-2-12-24-14-16)17-4-6-18(23)7-5-17/h2-12,14,21H,13H2,1H3,(H,25,27)(H,26,28). The van der Waals surface area contributed by atoms with Crippen molar-refractivity contribution in [3.63, 3.8) is 0 Å². The van der Waals surface area contributed by atoms with Crippen LogP contribution >= 0.6 is 11.6 Å². The maximum atomic E-state index is 13.0. The zero-order valence-electron chi connectivity index (χ0n) is 15.4. The zero-order valence-corrected chi connectivity index (χ0v) is 16.1. The second-order valence-corrected chi connectivity index (χ2v) is 6.85. The van der Waals surface area contributed by atoms with E-state index in [1.165, 1.54) is 6.92 Å². The van der Waals surface area contributed by atoms with Crippen molar-refractivity contribution in [3.05, 3.63) is 89.2 Å². The number of aromatic nitrogens is 1. The number of nitrogens with zero attached hydrogens (tertiary/aromatic N) is 1. The smallest absolute Gasteiger partial charge is 0.232 e. The molecule has 3 aromatic rings. The molecule has 0 saturated carbocycles. The summed E-state index contributed by atoms with van der Waals surface area (Å²) in [6.07, 6.45) is 3.99. The molecule has 0 aliphatic rings. The number of anilines is 2. The van der Waals surface area contributed by atoms with E-state index in [-0.39, 0.29) is 11.8 Å². The molecule has 142 valence electrons. The molecule has 2 N–H and O–H groups in total. The van der Waals surface area contributed by atoms with Gasteiger partial charge in [0.1, 0.15) is 0 Å². The fourth-order valence-corrected chi connectivity index (χ4v) is 3.01. The van der Waals surface area contributed by atoms with E-state index in [0.29, 0.717) is 22.8 Å². The molecule has 0 saturated heterocycles. The molecule has 1 aromatic heterocycles. The number of hydrogen-bond donors (Lipinski definition) is 2. The minimum absolute atomic E-state index is 0.126. The highest BCUT2D eigenvalue weighted by molar-refractivity contribution is 6.30. The number of carbonyl (C=O) groups is 2. The molecule has 5 nitrogen and oxygen atoms in total. The van der Waals surface area contributed by atoms with Gasteiger partial charge in [-0.15, -0.1) is 0 Å². The van der Waals surface area contributed by atoms with Gasteiger partial charge in [-0.2, -0.15) is 0 Å². The molecule has 0 aliphatic heterocycles. The molecule has 2 amide bonds. The number of benzene rings is 2. The summed E-state index contributed by atoms with van der Waals surface area (Å²) in [7, 11) is 0. The number of carbonyl (C=O) groups excluding carboxylic acids is 2. The Hall–Kier alpha value is -3.18. The van der Waals surface area contributed by atoms with Crippen molar-refractivity contribution in [3.8, 4) is 0 Å². The van der Waals surface area contributed by atoms with Crippen molar-refractivity contribution >= 4 is 34.8 Å². The summed E-state index contributed by atoms with van der Waals surface area (Å²) >= 11 is 6.00. The van der Waals surface area contributed by atoms with Crippen molar-refractivity contribution in [1.82, 2.24) is 4.98 Å². The first-order valence-corrected chi connectivity index (χ1v) is 9.22. The van der Waals surface area contributed by atoms with E-state index in [4.69, 9.17) is 11.6 Å². The Morgan fingerprint density at radius 3 is 2.18 bits per heavy atom. The summed E-state index contributed by atoms with van der Waals surface area (Å²) in [5, 5.41) is 6.27. The summed E-state index contributed by atoms with van der Waals surface area (Å²) in [6.45, 7) is 1.45. The van der Waals surface area contributed by atoms with Crippen LogP contribution in [0.3, 0.4) is 0 Å². The monoisotopic (exact) mass is 393 g/mol. The van der Waals surface area contributed by atoms with Crippen LogP contribution < -0.4 is 10.6 Å². The van der Waals surface area contributed by atoms with E-state index in [0.717, 1.165) is 11.1 Å². The molecule has 0 bridgehead atoms. The highest BCUT2D eigenvalue weighted by Crippen LogP contribution is 2.25. The van der Waals surface area contributed by atoms with Gasteiger partial charge in [-0.1, -0.05) is 29.8 Å². The number of hydrogen-bond acceptors (Lipinski definition) is 3. The lowest BCUT2D eigenvalue weighted by molar-refractivity contribution is -0.117. The lowest BCUT2D eigenvalue weighted by atomic mass is 9.91. The third-order valence-electron chi connectivity index (χ3n) is 4.22. The van der Waals surface area contributed by atoms with Crippen molar-refractivity contribution in [1.29, 1.82) is 0 Å². The maximum Gasteiger partial charge on any atom is 0.232 e. The highest BCUT2D eigenvalue weighted by atomic mass is 35.5. The molecule has 3 rings (SSSR count). The van der Waals surface area contributed by atoms with Crippen LogP contribution in [0.5, 0.6) is 0 Å². The second kappa shape index (κ2) is 9.15. The normalized spacial score (nSPS) is 11.5. The fraction of sp³-hybridized carbons (Fsp3) is 0.136. The number of halogens is 1. The molecule has 6 heteroatoms. The van der Waals surface area contributed by atoms with E-state index in [1.54, 1.807) is 48.8 Å². The Balaban J connectivity index is 1.79. The van der Waals surface area contributed by atoms with Crippen LogP contribution in [0.25, 0.3) is 0 Å². The van der Waals surface area contributed by atoms with Crippen molar-refractivity contribution in [2.24, 2.45) is 0 Å². The Labute approximate surface area is 168 Å². The summed E-state index contributed by atoms with van der Waals surface area (Å²) in [6, 6.07) is 18.1. The predicted molar refractivity (Wildman–Crippen MR) is 112 cm³/mol. The van der Waals surface area contributed by atoms with Crippen LogP contribution in [-0.4, -0.2) is 16.8 Å². The van der Waals surface area contributed by atoms with Gasteiger partial charge in [0.15, 0.2) is 0 Å². The highest BCUT2D eigenvalue weighted by Gasteiger charge is 2.21. The molecule has 0 spiro atoms. The third-order valence-corrected chi connectivity index (χ3v) is 4.48. The van der Waals surface area contributed by atoms with Crippen LogP contribution in [0.1, 0.15) is 24.0 Å². The van der Waals surface area contributed by atoms with Crippen LogP contribution in [0.2, 0.25) is 5.02 Å². The number of rotatable bonds is 6. The Morgan fingerprint density at radius 2 is 1.61 bits per heavy atom. The van der Waals surface area contributed by atoms with Gasteiger partial charge in [0.2, 0.25) is 11.8 Å². The van der Waals surface area contributed by atoms with Crippen molar-refractivity contribution in [2.45, 2.75) is 19.3 Å². The molecule has 28 heavy (non-hydrogen) atoms. The average Bonchev–Trinajstić information content (AvgIpc) is 2.69. The van der Waals surface area contributed by atoms with E-state index in [9.17, 15) is 9.59 Å². The third kappa shape index (κ3) is 5.41. The van der Waals surface area contributed by atoms with Gasteiger partial charge in [-0.25, -0.2) is 0 Å². The minimum atomic E-state index is -0.392. The van der Waals surface area contributed by atoms with Gasteiger partial charge in [0.25, 0.3) is 0 Å². The lowest BCUT2D eigenvalue weighted by Crippen LogP contribution is -2.23. The molecular formula is C22H20ClN3O2. The van der Waals surface area contributed by atoms with Gasteiger partial charge in [-0.05, 0) is 60.0 Å². The molecule has 1 atom stereocenters. The molecular weight excluding hydrogens is 374 g/mol. The average molecular weight is 394 g/mol. The van der Waals surface area contributed by atoms with E-state index < -0.39 is 5.92 Å². The number of pyridine rings is 1. The fourth-order valence-electron chi connectivity index (χ4n) is 2.88. The molecule has 2 aromatic carbocycles. The van der Waals surface area contributed by atoms with Gasteiger partial charge in [0.05, 0.1) is 5.92 Å². The molecule has 1 heterocycles. The Bertz CT molecular complexity index is 942.